The van der Waals surface area contributed by atoms with Gasteiger partial charge in [0, 0.05) is 22.7 Å². The molecule has 0 radical (unpaired) electrons. The molecule has 2 N–H and O–H groups in total. The van der Waals surface area contributed by atoms with Crippen LogP contribution in [0.5, 0.6) is 0 Å². The SMILES string of the molecule is Cc1ccc(S(=O)(=O)N/N=C/c2c[nH]c3ccccc23)cc1C. The fraction of sp³-hybridized carbons (Fsp3) is 0.118. The van der Waals surface area contributed by atoms with Crippen molar-refractivity contribution in [3.05, 3.63) is 65.4 Å². The summed E-state index contributed by atoms with van der Waals surface area (Å²) in [7, 11) is -3.66. The number of para-hydroxylation sites is 1. The number of fused-ring (bicyclic) bond motifs is 1. The van der Waals surface area contributed by atoms with E-state index in [2.05, 4.69) is 14.9 Å². The van der Waals surface area contributed by atoms with Crippen LogP contribution in [0.2, 0.25) is 0 Å². The van der Waals surface area contributed by atoms with Crippen LogP contribution in [0.4, 0.5) is 0 Å². The Bertz CT molecular complexity index is 988. The van der Waals surface area contributed by atoms with Crippen LogP contribution in [0.3, 0.4) is 0 Å². The molecule has 0 aliphatic heterocycles. The van der Waals surface area contributed by atoms with Gasteiger partial charge in [-0.15, -0.1) is 0 Å². The molecule has 0 aliphatic rings. The van der Waals surface area contributed by atoms with E-state index in [0.29, 0.717) is 0 Å². The van der Waals surface area contributed by atoms with E-state index in [1.807, 2.05) is 38.1 Å². The average molecular weight is 327 g/mol. The monoisotopic (exact) mass is 327 g/mol. The number of nitrogens with one attached hydrogen (secondary N) is 2. The lowest BCUT2D eigenvalue weighted by molar-refractivity contribution is 0.584. The summed E-state index contributed by atoms with van der Waals surface area (Å²) in [6.07, 6.45) is 3.29. The highest BCUT2D eigenvalue weighted by Gasteiger charge is 2.13. The minimum Gasteiger partial charge on any atom is -0.361 e. The Balaban J connectivity index is 1.82. The number of hydrazone groups is 1. The van der Waals surface area contributed by atoms with Crippen molar-refractivity contribution < 1.29 is 8.42 Å². The maximum Gasteiger partial charge on any atom is 0.276 e. The third-order valence-electron chi connectivity index (χ3n) is 3.79. The lowest BCUT2D eigenvalue weighted by atomic mass is 10.1. The number of H-pyrrole nitrogens is 1. The Labute approximate surface area is 135 Å². The predicted molar refractivity (Wildman–Crippen MR) is 92.1 cm³/mol. The Morgan fingerprint density at radius 1 is 1.09 bits per heavy atom. The highest BCUT2D eigenvalue weighted by molar-refractivity contribution is 7.89. The molecule has 0 atom stereocenters. The first kappa shape index (κ1) is 15.3. The molecule has 3 aromatic rings. The molecule has 1 aromatic heterocycles. The van der Waals surface area contributed by atoms with E-state index in [1.54, 1.807) is 24.4 Å². The summed E-state index contributed by atoms with van der Waals surface area (Å²) >= 11 is 0. The van der Waals surface area contributed by atoms with Crippen molar-refractivity contribution in [3.8, 4) is 0 Å². The maximum atomic E-state index is 12.3. The van der Waals surface area contributed by atoms with Gasteiger partial charge in [-0.25, -0.2) is 4.83 Å². The number of benzene rings is 2. The van der Waals surface area contributed by atoms with Crippen molar-refractivity contribution >= 4 is 27.1 Å². The number of hydrogen-bond acceptors (Lipinski definition) is 3. The fourth-order valence-electron chi connectivity index (χ4n) is 2.30. The minimum absolute atomic E-state index is 0.205. The van der Waals surface area contributed by atoms with Crippen LogP contribution < -0.4 is 4.83 Å². The van der Waals surface area contributed by atoms with E-state index in [4.69, 9.17) is 0 Å². The number of sulfonamides is 1. The normalized spacial score (nSPS) is 12.1. The smallest absolute Gasteiger partial charge is 0.276 e. The van der Waals surface area contributed by atoms with Crippen molar-refractivity contribution in [1.82, 2.24) is 9.82 Å². The summed E-state index contributed by atoms with van der Waals surface area (Å²) in [6, 6.07) is 12.8. The molecule has 0 aliphatic carbocycles. The van der Waals surface area contributed by atoms with Crippen molar-refractivity contribution in [3.63, 3.8) is 0 Å². The van der Waals surface area contributed by atoms with Crippen molar-refractivity contribution in [2.45, 2.75) is 18.7 Å². The van der Waals surface area contributed by atoms with Crippen LogP contribution in [-0.4, -0.2) is 19.6 Å². The van der Waals surface area contributed by atoms with Gasteiger partial charge in [0.2, 0.25) is 0 Å². The van der Waals surface area contributed by atoms with Gasteiger partial charge in [0.1, 0.15) is 0 Å². The van der Waals surface area contributed by atoms with Crippen LogP contribution >= 0.6 is 0 Å². The quantitative estimate of drug-likeness (QED) is 0.571. The molecule has 3 rings (SSSR count). The van der Waals surface area contributed by atoms with Gasteiger partial charge in [-0.1, -0.05) is 24.3 Å². The maximum absolute atomic E-state index is 12.3. The number of rotatable bonds is 4. The number of aromatic nitrogens is 1. The van der Waals surface area contributed by atoms with Crippen LogP contribution in [0.25, 0.3) is 10.9 Å². The van der Waals surface area contributed by atoms with Crippen LogP contribution in [0.15, 0.2) is 58.7 Å². The minimum atomic E-state index is -3.66. The van der Waals surface area contributed by atoms with Gasteiger partial charge in [0.05, 0.1) is 11.1 Å². The second kappa shape index (κ2) is 5.89. The Morgan fingerprint density at radius 3 is 2.65 bits per heavy atom. The van der Waals surface area contributed by atoms with Gasteiger partial charge >= 0.3 is 0 Å². The number of aryl methyl sites for hydroxylation is 2. The van der Waals surface area contributed by atoms with E-state index in [9.17, 15) is 8.42 Å². The van der Waals surface area contributed by atoms with Gasteiger partial charge in [-0.05, 0) is 43.2 Å². The topological polar surface area (TPSA) is 74.3 Å². The molecule has 1 heterocycles. The van der Waals surface area contributed by atoms with Gasteiger partial charge in [0.15, 0.2) is 0 Å². The fourth-order valence-corrected chi connectivity index (χ4v) is 3.18. The molecule has 5 nitrogen and oxygen atoms in total. The third kappa shape index (κ3) is 3.12. The molecule has 23 heavy (non-hydrogen) atoms. The molecule has 0 fully saturated rings. The van der Waals surface area contributed by atoms with Crippen LogP contribution in [0.1, 0.15) is 16.7 Å². The average Bonchev–Trinajstić information content (AvgIpc) is 2.93. The third-order valence-corrected chi connectivity index (χ3v) is 5.01. The van der Waals surface area contributed by atoms with E-state index in [-0.39, 0.29) is 4.90 Å². The zero-order valence-electron chi connectivity index (χ0n) is 12.9. The summed E-state index contributed by atoms with van der Waals surface area (Å²) in [4.78, 5) is 5.57. The summed E-state index contributed by atoms with van der Waals surface area (Å²) in [6.45, 7) is 3.82. The molecule has 0 saturated carbocycles. The molecule has 2 aromatic carbocycles. The highest BCUT2D eigenvalue weighted by Crippen LogP contribution is 2.16. The lowest BCUT2D eigenvalue weighted by Gasteiger charge is -2.06. The van der Waals surface area contributed by atoms with Crippen molar-refractivity contribution in [2.75, 3.05) is 0 Å². The number of nitrogens with zero attached hydrogens (tertiary/aromatic N) is 1. The first-order valence-electron chi connectivity index (χ1n) is 7.15. The largest absolute Gasteiger partial charge is 0.361 e. The first-order valence-corrected chi connectivity index (χ1v) is 8.64. The zero-order chi connectivity index (χ0) is 16.4. The van der Waals surface area contributed by atoms with Gasteiger partial charge in [0.25, 0.3) is 10.0 Å². The van der Waals surface area contributed by atoms with E-state index in [1.165, 1.54) is 6.21 Å². The zero-order valence-corrected chi connectivity index (χ0v) is 13.7. The van der Waals surface area contributed by atoms with Crippen molar-refractivity contribution in [1.29, 1.82) is 0 Å². The van der Waals surface area contributed by atoms with Crippen molar-refractivity contribution in [2.24, 2.45) is 5.10 Å². The molecular formula is C17H17N3O2S. The molecule has 118 valence electrons. The molecular weight excluding hydrogens is 310 g/mol. The molecule has 0 bridgehead atoms. The molecule has 0 unspecified atom stereocenters. The standard InChI is InChI=1S/C17H17N3O2S/c1-12-7-8-15(9-13(12)2)23(21,22)20-19-11-14-10-18-17-6-4-3-5-16(14)17/h3-11,18,20H,1-2H3/b19-11+. The van der Waals surface area contributed by atoms with Crippen LogP contribution in [0, 0.1) is 13.8 Å². The van der Waals surface area contributed by atoms with Gasteiger partial charge in [-0.3, -0.25) is 0 Å². The molecule has 0 saturated heterocycles. The second-order valence-corrected chi connectivity index (χ2v) is 7.05. The van der Waals surface area contributed by atoms with Gasteiger partial charge in [-0.2, -0.15) is 13.5 Å². The van der Waals surface area contributed by atoms with E-state index in [0.717, 1.165) is 27.6 Å². The summed E-state index contributed by atoms with van der Waals surface area (Å²) in [5.74, 6) is 0. The Kier molecular flexibility index (Phi) is 3.92. The lowest BCUT2D eigenvalue weighted by Crippen LogP contribution is -2.18. The van der Waals surface area contributed by atoms with E-state index < -0.39 is 10.0 Å². The Hall–Kier alpha value is -2.60. The van der Waals surface area contributed by atoms with E-state index >= 15 is 0 Å². The number of hydrogen-bond donors (Lipinski definition) is 2. The second-order valence-electron chi connectivity index (χ2n) is 5.39. The highest BCUT2D eigenvalue weighted by atomic mass is 32.2. The Morgan fingerprint density at radius 2 is 1.87 bits per heavy atom. The summed E-state index contributed by atoms with van der Waals surface area (Å²) < 4.78 is 24.5. The molecule has 0 amide bonds. The first-order chi connectivity index (χ1) is 11.0. The molecule has 6 heteroatoms. The molecule has 0 spiro atoms. The van der Waals surface area contributed by atoms with Gasteiger partial charge < -0.3 is 4.98 Å². The summed E-state index contributed by atoms with van der Waals surface area (Å²) in [5.41, 5.74) is 3.77. The van der Waals surface area contributed by atoms with Crippen LogP contribution in [-0.2, 0) is 10.0 Å². The predicted octanol–water partition coefficient (Wildman–Crippen LogP) is 3.10. The summed E-state index contributed by atoms with van der Waals surface area (Å²) in [5, 5.41) is 4.87. The number of aromatic amines is 1.